The van der Waals surface area contributed by atoms with Crippen LogP contribution in [0.25, 0.3) is 11.3 Å². The molecule has 7 heteroatoms. The summed E-state index contributed by atoms with van der Waals surface area (Å²) in [5.74, 6) is 1.38. The Morgan fingerprint density at radius 3 is 2.79 bits per heavy atom. The Kier molecular flexibility index (Phi) is 3.59. The molecule has 4 rings (SSSR count). The molecular weight excluding hydrogens is 310 g/mol. The average molecular weight is 323 g/mol. The van der Waals surface area contributed by atoms with Crippen molar-refractivity contribution in [2.24, 2.45) is 0 Å². The molecule has 1 N–H and O–H groups in total. The van der Waals surface area contributed by atoms with Crippen LogP contribution >= 0.6 is 0 Å². The highest BCUT2D eigenvalue weighted by Gasteiger charge is 2.16. The summed E-state index contributed by atoms with van der Waals surface area (Å²) in [5, 5.41) is 6.57. The highest BCUT2D eigenvalue weighted by molar-refractivity contribution is 6.03. The van der Waals surface area contributed by atoms with Gasteiger partial charge in [0.15, 0.2) is 23.0 Å². The second-order valence-corrected chi connectivity index (χ2v) is 5.13. The number of pyridine rings is 1. The van der Waals surface area contributed by atoms with E-state index in [0.29, 0.717) is 36.2 Å². The molecule has 0 radical (unpaired) electrons. The maximum absolute atomic E-state index is 12.3. The van der Waals surface area contributed by atoms with Gasteiger partial charge in [-0.1, -0.05) is 5.16 Å². The minimum atomic E-state index is -0.370. The number of rotatable bonds is 3. The summed E-state index contributed by atoms with van der Waals surface area (Å²) in [6.07, 6.45) is 3.30. The molecule has 0 aliphatic carbocycles. The van der Waals surface area contributed by atoms with Gasteiger partial charge in [0, 0.05) is 35.8 Å². The van der Waals surface area contributed by atoms with Gasteiger partial charge < -0.3 is 19.3 Å². The molecule has 0 saturated carbocycles. The highest BCUT2D eigenvalue weighted by atomic mass is 16.6. The summed E-state index contributed by atoms with van der Waals surface area (Å²) in [6.45, 7) is 1.01. The zero-order valence-corrected chi connectivity index (χ0v) is 12.6. The van der Waals surface area contributed by atoms with Crippen LogP contribution in [0.1, 0.15) is 10.5 Å². The van der Waals surface area contributed by atoms with Crippen LogP contribution in [0.15, 0.2) is 53.3 Å². The van der Waals surface area contributed by atoms with Gasteiger partial charge in [-0.3, -0.25) is 9.78 Å². The van der Waals surface area contributed by atoms with E-state index in [0.717, 1.165) is 5.56 Å². The summed E-state index contributed by atoms with van der Waals surface area (Å²) < 4.78 is 16.1. The molecule has 1 aromatic carbocycles. The van der Waals surface area contributed by atoms with E-state index < -0.39 is 0 Å². The number of aromatic nitrogens is 2. The van der Waals surface area contributed by atoms with Gasteiger partial charge in [-0.05, 0) is 24.3 Å². The lowest BCUT2D eigenvalue weighted by Crippen LogP contribution is -2.16. The monoisotopic (exact) mass is 323 g/mol. The Morgan fingerprint density at radius 1 is 1.08 bits per heavy atom. The molecule has 0 bridgehead atoms. The number of nitrogens with zero attached hydrogens (tertiary/aromatic N) is 2. The Bertz CT molecular complexity index is 877. The molecule has 0 unspecified atom stereocenters. The molecule has 0 atom stereocenters. The maximum atomic E-state index is 12.3. The first kappa shape index (κ1) is 14.3. The van der Waals surface area contributed by atoms with Crippen molar-refractivity contribution in [3.05, 3.63) is 54.5 Å². The zero-order chi connectivity index (χ0) is 16.4. The van der Waals surface area contributed by atoms with Crippen molar-refractivity contribution >= 4 is 11.6 Å². The van der Waals surface area contributed by atoms with E-state index in [1.807, 2.05) is 6.07 Å². The Balaban J connectivity index is 1.51. The van der Waals surface area contributed by atoms with Gasteiger partial charge in [0.25, 0.3) is 5.91 Å². The van der Waals surface area contributed by atoms with E-state index in [9.17, 15) is 4.79 Å². The summed E-state index contributed by atoms with van der Waals surface area (Å²) in [5.41, 5.74) is 1.53. The number of nitrogens with one attached hydrogen (secondary N) is 1. The van der Waals surface area contributed by atoms with Crippen LogP contribution in [0.2, 0.25) is 0 Å². The van der Waals surface area contributed by atoms with E-state index in [1.54, 1.807) is 42.7 Å². The van der Waals surface area contributed by atoms with E-state index in [4.69, 9.17) is 14.0 Å². The van der Waals surface area contributed by atoms with Crippen LogP contribution in [0, 0.1) is 0 Å². The van der Waals surface area contributed by atoms with Crippen LogP contribution in [-0.2, 0) is 0 Å². The van der Waals surface area contributed by atoms with Gasteiger partial charge in [-0.15, -0.1) is 0 Å². The molecule has 3 heterocycles. The van der Waals surface area contributed by atoms with Crippen molar-refractivity contribution < 1.29 is 18.8 Å². The van der Waals surface area contributed by atoms with Gasteiger partial charge in [0.05, 0.1) is 0 Å². The van der Waals surface area contributed by atoms with Crippen molar-refractivity contribution in [2.75, 3.05) is 18.5 Å². The normalized spacial score (nSPS) is 12.7. The zero-order valence-electron chi connectivity index (χ0n) is 12.6. The van der Waals surface area contributed by atoms with Gasteiger partial charge in [0.2, 0.25) is 0 Å². The van der Waals surface area contributed by atoms with E-state index >= 15 is 0 Å². The molecule has 0 fully saturated rings. The molecule has 0 saturated heterocycles. The number of fused-ring (bicyclic) bond motifs is 1. The topological polar surface area (TPSA) is 86.5 Å². The van der Waals surface area contributed by atoms with Crippen molar-refractivity contribution in [3.8, 4) is 22.8 Å². The third-order valence-corrected chi connectivity index (χ3v) is 3.49. The summed E-state index contributed by atoms with van der Waals surface area (Å²) >= 11 is 0. The first-order valence-electron chi connectivity index (χ1n) is 7.38. The van der Waals surface area contributed by atoms with Gasteiger partial charge >= 0.3 is 0 Å². The molecule has 1 amide bonds. The fraction of sp³-hybridized carbons (Fsp3) is 0.118. The Morgan fingerprint density at radius 2 is 1.96 bits per heavy atom. The molecule has 120 valence electrons. The summed E-state index contributed by atoms with van der Waals surface area (Å²) in [7, 11) is 0. The fourth-order valence-corrected chi connectivity index (χ4v) is 2.34. The lowest BCUT2D eigenvalue weighted by molar-refractivity contribution is 0.101. The van der Waals surface area contributed by atoms with Crippen LogP contribution in [0.3, 0.4) is 0 Å². The number of hydrogen-bond acceptors (Lipinski definition) is 6. The molecule has 1 aliphatic rings. The average Bonchev–Trinajstić information content (AvgIpc) is 3.13. The smallest absolute Gasteiger partial charge is 0.277 e. The summed E-state index contributed by atoms with van der Waals surface area (Å²) in [6, 6.07) is 10.4. The minimum Gasteiger partial charge on any atom is -0.486 e. The van der Waals surface area contributed by atoms with Crippen molar-refractivity contribution in [1.82, 2.24) is 10.1 Å². The predicted molar refractivity (Wildman–Crippen MR) is 85.1 cm³/mol. The van der Waals surface area contributed by atoms with Crippen molar-refractivity contribution in [1.29, 1.82) is 0 Å². The van der Waals surface area contributed by atoms with Gasteiger partial charge in [-0.25, -0.2) is 0 Å². The standard InChI is InChI=1S/C17H13N3O4/c21-17(13-9-15(24-20-13)11-2-1-5-18-10-11)19-12-3-4-14-16(8-12)23-7-6-22-14/h1-5,8-10H,6-7H2,(H,19,21). The van der Waals surface area contributed by atoms with Gasteiger partial charge in [0.1, 0.15) is 13.2 Å². The SMILES string of the molecule is O=C(Nc1ccc2c(c1)OCCO2)c1cc(-c2cccnc2)on1. The number of hydrogen-bond donors (Lipinski definition) is 1. The first-order chi connectivity index (χ1) is 11.8. The molecule has 0 spiro atoms. The van der Waals surface area contributed by atoms with Crippen molar-refractivity contribution in [3.63, 3.8) is 0 Å². The second-order valence-electron chi connectivity index (χ2n) is 5.13. The number of carbonyl (C=O) groups excluding carboxylic acids is 1. The first-order valence-corrected chi connectivity index (χ1v) is 7.38. The number of benzene rings is 1. The number of ether oxygens (including phenoxy) is 2. The third kappa shape index (κ3) is 2.79. The highest BCUT2D eigenvalue weighted by Crippen LogP contribution is 2.32. The molecule has 24 heavy (non-hydrogen) atoms. The van der Waals surface area contributed by atoms with Crippen LogP contribution in [-0.4, -0.2) is 29.3 Å². The molecule has 2 aromatic heterocycles. The Hall–Kier alpha value is -3.35. The number of amides is 1. The van der Waals surface area contributed by atoms with E-state index in [2.05, 4.69) is 15.5 Å². The third-order valence-electron chi connectivity index (χ3n) is 3.49. The fourth-order valence-electron chi connectivity index (χ4n) is 2.34. The molecule has 1 aliphatic heterocycles. The Labute approximate surface area is 137 Å². The molecular formula is C17H13N3O4. The molecule has 3 aromatic rings. The van der Waals surface area contributed by atoms with Crippen LogP contribution in [0.5, 0.6) is 11.5 Å². The molecule has 7 nitrogen and oxygen atoms in total. The summed E-state index contributed by atoms with van der Waals surface area (Å²) in [4.78, 5) is 16.3. The quantitative estimate of drug-likeness (QED) is 0.797. The van der Waals surface area contributed by atoms with Gasteiger partial charge in [-0.2, -0.15) is 0 Å². The van der Waals surface area contributed by atoms with E-state index in [1.165, 1.54) is 0 Å². The van der Waals surface area contributed by atoms with Crippen LogP contribution < -0.4 is 14.8 Å². The minimum absolute atomic E-state index is 0.184. The second kappa shape index (κ2) is 6.04. The maximum Gasteiger partial charge on any atom is 0.277 e. The largest absolute Gasteiger partial charge is 0.486 e. The van der Waals surface area contributed by atoms with Crippen molar-refractivity contribution in [2.45, 2.75) is 0 Å². The number of anilines is 1. The van der Waals surface area contributed by atoms with Crippen LogP contribution in [0.4, 0.5) is 5.69 Å². The van der Waals surface area contributed by atoms with E-state index in [-0.39, 0.29) is 11.6 Å². The number of carbonyl (C=O) groups is 1. The lowest BCUT2D eigenvalue weighted by Gasteiger charge is -2.18. The predicted octanol–water partition coefficient (Wildman–Crippen LogP) is 2.76. The lowest BCUT2D eigenvalue weighted by atomic mass is 10.2.